The van der Waals surface area contributed by atoms with E-state index in [9.17, 15) is 14.0 Å². The number of carbonyl (C=O) groups is 2. The number of carbonyl (C=O) groups excluding carboxylic acids is 1. The lowest BCUT2D eigenvalue weighted by Gasteiger charge is -2.10. The minimum Gasteiger partial charge on any atom is -0.478 e. The Morgan fingerprint density at radius 3 is 2.52 bits per heavy atom. The number of hydrogen-bond acceptors (Lipinski definition) is 2. The Balaban J connectivity index is 2.08. The molecule has 3 N–H and O–H groups in total. The first kappa shape index (κ1) is 14.5. The molecule has 2 rings (SSSR count). The number of carboxylic acid groups (broad SMARTS) is 1. The number of rotatable bonds is 3. The van der Waals surface area contributed by atoms with Crippen LogP contribution in [0.3, 0.4) is 0 Å². The number of aromatic carboxylic acids is 1. The minimum absolute atomic E-state index is 0.0748. The smallest absolute Gasteiger partial charge is 0.335 e. The van der Waals surface area contributed by atoms with Gasteiger partial charge in [0.05, 0.1) is 5.56 Å². The van der Waals surface area contributed by atoms with Crippen LogP contribution in [0.15, 0.2) is 42.5 Å². The second kappa shape index (κ2) is 6.04. The number of amides is 2. The lowest BCUT2D eigenvalue weighted by Crippen LogP contribution is -2.20. The molecule has 6 heteroatoms. The molecule has 2 amide bonds. The van der Waals surface area contributed by atoms with E-state index in [1.54, 1.807) is 13.0 Å². The van der Waals surface area contributed by atoms with Gasteiger partial charge in [-0.1, -0.05) is 6.07 Å². The predicted octanol–water partition coefficient (Wildman–Crippen LogP) is 3.48. The summed E-state index contributed by atoms with van der Waals surface area (Å²) in [6, 6.07) is 9.35. The van der Waals surface area contributed by atoms with Crippen molar-refractivity contribution >= 4 is 23.4 Å². The third kappa shape index (κ3) is 3.79. The van der Waals surface area contributed by atoms with Crippen molar-refractivity contribution in [3.05, 3.63) is 59.4 Å². The van der Waals surface area contributed by atoms with Crippen molar-refractivity contribution in [2.24, 2.45) is 0 Å². The summed E-state index contributed by atoms with van der Waals surface area (Å²) < 4.78 is 13.0. The molecular weight excluding hydrogens is 275 g/mol. The van der Waals surface area contributed by atoms with Crippen LogP contribution in [-0.2, 0) is 0 Å². The van der Waals surface area contributed by atoms with Crippen LogP contribution in [-0.4, -0.2) is 17.1 Å². The van der Waals surface area contributed by atoms with Gasteiger partial charge in [-0.15, -0.1) is 0 Å². The highest BCUT2D eigenvalue weighted by atomic mass is 19.1. The van der Waals surface area contributed by atoms with Gasteiger partial charge < -0.3 is 15.7 Å². The Hall–Kier alpha value is -2.89. The van der Waals surface area contributed by atoms with E-state index in [-0.39, 0.29) is 11.4 Å². The molecule has 0 bridgehead atoms. The fourth-order valence-corrected chi connectivity index (χ4v) is 1.78. The Labute approximate surface area is 120 Å². The average molecular weight is 288 g/mol. The molecule has 0 aromatic heterocycles. The molecule has 0 saturated heterocycles. The Kier molecular flexibility index (Phi) is 4.18. The van der Waals surface area contributed by atoms with Crippen LogP contribution in [0.2, 0.25) is 0 Å². The van der Waals surface area contributed by atoms with Crippen molar-refractivity contribution in [2.45, 2.75) is 6.92 Å². The van der Waals surface area contributed by atoms with E-state index in [1.165, 1.54) is 36.4 Å². The number of carboxylic acids is 1. The van der Waals surface area contributed by atoms with Gasteiger partial charge in [0.1, 0.15) is 5.82 Å². The summed E-state index contributed by atoms with van der Waals surface area (Å²) in [5.74, 6) is -1.46. The van der Waals surface area contributed by atoms with Crippen LogP contribution in [0.4, 0.5) is 20.6 Å². The summed E-state index contributed by atoms with van der Waals surface area (Å²) in [5, 5.41) is 14.0. The lowest BCUT2D eigenvalue weighted by molar-refractivity contribution is 0.0697. The second-order valence-electron chi connectivity index (χ2n) is 4.42. The number of aryl methyl sites for hydroxylation is 1. The molecule has 0 fully saturated rings. The molecule has 0 aliphatic rings. The fourth-order valence-electron chi connectivity index (χ4n) is 1.78. The number of hydrogen-bond donors (Lipinski definition) is 3. The van der Waals surface area contributed by atoms with Gasteiger partial charge in [-0.25, -0.2) is 14.0 Å². The van der Waals surface area contributed by atoms with Crippen molar-refractivity contribution in [2.75, 3.05) is 10.6 Å². The molecule has 2 aromatic carbocycles. The summed E-state index contributed by atoms with van der Waals surface area (Å²) in [6.07, 6.45) is 0. The molecule has 5 nitrogen and oxygen atoms in total. The van der Waals surface area contributed by atoms with Crippen LogP contribution in [0.1, 0.15) is 15.9 Å². The zero-order valence-electron chi connectivity index (χ0n) is 11.2. The van der Waals surface area contributed by atoms with Crippen LogP contribution >= 0.6 is 0 Å². The van der Waals surface area contributed by atoms with Gasteiger partial charge in [0.2, 0.25) is 0 Å². The van der Waals surface area contributed by atoms with E-state index in [2.05, 4.69) is 10.6 Å². The molecule has 0 unspecified atom stereocenters. The van der Waals surface area contributed by atoms with Crippen molar-refractivity contribution in [3.8, 4) is 0 Å². The summed E-state index contributed by atoms with van der Waals surface area (Å²) >= 11 is 0. The minimum atomic E-state index is -1.08. The molecule has 0 radical (unpaired) electrons. The van der Waals surface area contributed by atoms with Crippen molar-refractivity contribution in [1.82, 2.24) is 0 Å². The van der Waals surface area contributed by atoms with Crippen LogP contribution < -0.4 is 10.6 Å². The maximum Gasteiger partial charge on any atom is 0.335 e. The van der Waals surface area contributed by atoms with E-state index in [1.807, 2.05) is 0 Å². The number of nitrogens with one attached hydrogen (secondary N) is 2. The SMILES string of the molecule is Cc1cc(F)ccc1NC(=O)Nc1cccc(C(=O)O)c1. The predicted molar refractivity (Wildman–Crippen MR) is 77.2 cm³/mol. The Morgan fingerprint density at radius 1 is 1.10 bits per heavy atom. The Morgan fingerprint density at radius 2 is 1.86 bits per heavy atom. The number of anilines is 2. The monoisotopic (exact) mass is 288 g/mol. The highest BCUT2D eigenvalue weighted by molar-refractivity contribution is 6.01. The largest absolute Gasteiger partial charge is 0.478 e. The fraction of sp³-hybridized carbons (Fsp3) is 0.0667. The summed E-state index contributed by atoms with van der Waals surface area (Å²) in [5.41, 5.74) is 1.49. The number of urea groups is 1. The van der Waals surface area contributed by atoms with Gasteiger partial charge in [0, 0.05) is 11.4 Å². The summed E-state index contributed by atoms with van der Waals surface area (Å²) in [7, 11) is 0. The van der Waals surface area contributed by atoms with Gasteiger partial charge in [0.25, 0.3) is 0 Å². The van der Waals surface area contributed by atoms with E-state index in [0.717, 1.165) is 0 Å². The zero-order chi connectivity index (χ0) is 15.4. The first-order chi connectivity index (χ1) is 9.95. The van der Waals surface area contributed by atoms with Crippen LogP contribution in [0, 0.1) is 12.7 Å². The molecule has 108 valence electrons. The van der Waals surface area contributed by atoms with Gasteiger partial charge in [0.15, 0.2) is 0 Å². The molecule has 0 spiro atoms. The molecule has 0 aliphatic carbocycles. The molecule has 0 saturated carbocycles. The topological polar surface area (TPSA) is 78.4 Å². The van der Waals surface area contributed by atoms with Crippen molar-refractivity contribution < 1.29 is 19.1 Å². The maximum atomic E-state index is 13.0. The standard InChI is InChI=1S/C15H13FN2O3/c1-9-7-11(16)5-6-13(9)18-15(21)17-12-4-2-3-10(8-12)14(19)20/h2-8H,1H3,(H,19,20)(H2,17,18,21). The first-order valence-corrected chi connectivity index (χ1v) is 6.13. The highest BCUT2D eigenvalue weighted by Crippen LogP contribution is 2.16. The van der Waals surface area contributed by atoms with Crippen molar-refractivity contribution in [3.63, 3.8) is 0 Å². The van der Waals surface area contributed by atoms with E-state index in [4.69, 9.17) is 5.11 Å². The maximum absolute atomic E-state index is 13.0. The average Bonchev–Trinajstić information content (AvgIpc) is 2.42. The summed E-state index contributed by atoms with van der Waals surface area (Å²) in [6.45, 7) is 1.67. The molecule has 0 heterocycles. The molecule has 21 heavy (non-hydrogen) atoms. The van der Waals surface area contributed by atoms with Gasteiger partial charge in [-0.05, 0) is 48.9 Å². The molecule has 0 aliphatic heterocycles. The number of halogens is 1. The zero-order valence-corrected chi connectivity index (χ0v) is 11.2. The molecular formula is C15H13FN2O3. The lowest BCUT2D eigenvalue weighted by atomic mass is 10.2. The van der Waals surface area contributed by atoms with Crippen LogP contribution in [0.5, 0.6) is 0 Å². The summed E-state index contributed by atoms with van der Waals surface area (Å²) in [4.78, 5) is 22.7. The highest BCUT2D eigenvalue weighted by Gasteiger charge is 2.08. The van der Waals surface area contributed by atoms with E-state index >= 15 is 0 Å². The normalized spacial score (nSPS) is 10.0. The number of benzene rings is 2. The molecule has 2 aromatic rings. The van der Waals surface area contributed by atoms with Crippen LogP contribution in [0.25, 0.3) is 0 Å². The van der Waals surface area contributed by atoms with Gasteiger partial charge in [-0.3, -0.25) is 0 Å². The quantitative estimate of drug-likeness (QED) is 0.809. The van der Waals surface area contributed by atoms with E-state index in [0.29, 0.717) is 16.9 Å². The Bertz CT molecular complexity index is 701. The van der Waals surface area contributed by atoms with Crippen molar-refractivity contribution in [1.29, 1.82) is 0 Å². The third-order valence-corrected chi connectivity index (χ3v) is 2.80. The third-order valence-electron chi connectivity index (χ3n) is 2.80. The van der Waals surface area contributed by atoms with Gasteiger partial charge >= 0.3 is 12.0 Å². The van der Waals surface area contributed by atoms with E-state index < -0.39 is 12.0 Å². The second-order valence-corrected chi connectivity index (χ2v) is 4.42. The van der Waals surface area contributed by atoms with Gasteiger partial charge in [-0.2, -0.15) is 0 Å². The molecule has 0 atom stereocenters. The first-order valence-electron chi connectivity index (χ1n) is 6.13.